The van der Waals surface area contributed by atoms with Crippen LogP contribution in [0.1, 0.15) is 38.8 Å². The molecule has 13 heteroatoms. The molecule has 0 atom stereocenters. The Kier molecular flexibility index (Phi) is 14.0. The lowest BCUT2D eigenvalue weighted by atomic mass is 10.1. The van der Waals surface area contributed by atoms with Crippen molar-refractivity contribution in [1.29, 1.82) is 0 Å². The van der Waals surface area contributed by atoms with Crippen LogP contribution in [0.5, 0.6) is 11.5 Å². The van der Waals surface area contributed by atoms with Crippen LogP contribution >= 0.6 is 0 Å². The molecular formula is C41H49N8O5+. The van der Waals surface area contributed by atoms with Gasteiger partial charge in [0.2, 0.25) is 5.36 Å². The predicted molar refractivity (Wildman–Crippen MR) is 217 cm³/mol. The van der Waals surface area contributed by atoms with E-state index in [-0.39, 0.29) is 5.69 Å². The third kappa shape index (κ3) is 10.3. The number of rotatable bonds is 9. The summed E-state index contributed by atoms with van der Waals surface area (Å²) in [5.74, 6) is 1.64. The van der Waals surface area contributed by atoms with E-state index in [1.165, 1.54) is 31.4 Å². The van der Waals surface area contributed by atoms with Crippen molar-refractivity contribution in [3.05, 3.63) is 118 Å². The number of benzene rings is 5. The molecule has 0 radical (unpaired) electrons. The van der Waals surface area contributed by atoms with Gasteiger partial charge in [0.05, 0.1) is 23.8 Å². The van der Waals surface area contributed by atoms with Crippen LogP contribution in [-0.4, -0.2) is 48.3 Å². The molecule has 1 aliphatic carbocycles. The number of anilines is 3. The van der Waals surface area contributed by atoms with Crippen LogP contribution in [0.25, 0.3) is 22.6 Å². The highest BCUT2D eigenvalue weighted by atomic mass is 16.6. The van der Waals surface area contributed by atoms with Crippen LogP contribution < -0.4 is 31.0 Å². The lowest BCUT2D eigenvalue weighted by Crippen LogP contribution is -2.29. The van der Waals surface area contributed by atoms with Gasteiger partial charge in [-0.3, -0.25) is 10.1 Å². The number of aromatic nitrogens is 1. The van der Waals surface area contributed by atoms with Crippen LogP contribution in [0.2, 0.25) is 0 Å². The topological polar surface area (TPSA) is 182 Å². The molecule has 4 aromatic carbocycles. The first-order valence-corrected chi connectivity index (χ1v) is 17.7. The van der Waals surface area contributed by atoms with Crippen molar-refractivity contribution in [2.45, 2.75) is 41.5 Å². The summed E-state index contributed by atoms with van der Waals surface area (Å²) in [4.78, 5) is 17.0. The number of nitrogens with zero attached hydrogens (tertiary/aromatic N) is 6. The van der Waals surface area contributed by atoms with Crippen molar-refractivity contribution in [3.8, 4) is 23.0 Å². The number of ether oxygens (including phenoxy) is 1. The molecule has 1 aliphatic heterocycles. The maximum Gasteiger partial charge on any atom is 0.269 e. The monoisotopic (exact) mass is 733 g/mol. The minimum absolute atomic E-state index is 0.00913. The fourth-order valence-electron chi connectivity index (χ4n) is 5.53. The number of nitro groups is 1. The van der Waals surface area contributed by atoms with Crippen LogP contribution in [0.4, 0.5) is 34.1 Å². The summed E-state index contributed by atoms with van der Waals surface area (Å²) in [6, 6.07) is 26.6. The second-order valence-electron chi connectivity index (χ2n) is 12.3. The predicted octanol–water partition coefficient (Wildman–Crippen LogP) is 8.78. The summed E-state index contributed by atoms with van der Waals surface area (Å²) >= 11 is 0. The second kappa shape index (κ2) is 18.8. The molecule has 282 valence electrons. The summed E-state index contributed by atoms with van der Waals surface area (Å²) in [6.07, 6.45) is 0. The highest BCUT2D eigenvalue weighted by Crippen LogP contribution is 2.33. The number of nitro benzene ring substituents is 1. The van der Waals surface area contributed by atoms with Gasteiger partial charge in [0.1, 0.15) is 41.5 Å². The first-order valence-electron chi connectivity index (χ1n) is 17.7. The number of hydrogen-bond donors (Lipinski definition) is 3. The molecule has 0 aromatic heterocycles. The summed E-state index contributed by atoms with van der Waals surface area (Å²) in [7, 11) is 1.52. The average Bonchev–Trinajstić information content (AvgIpc) is 3.16. The summed E-state index contributed by atoms with van der Waals surface area (Å²) in [5, 5.41) is 29.1. The van der Waals surface area contributed by atoms with Crippen molar-refractivity contribution >= 4 is 45.2 Å². The Hall–Kier alpha value is -6.50. The number of non-ortho nitro benzene ring substituents is 1. The smallest absolute Gasteiger partial charge is 0.269 e. The maximum absolute atomic E-state index is 10.6. The third-order valence-corrected chi connectivity index (χ3v) is 8.74. The number of nitrogens with two attached hydrogens (primary N) is 2. The van der Waals surface area contributed by atoms with Gasteiger partial charge in [0.15, 0.2) is 11.3 Å². The van der Waals surface area contributed by atoms with Crippen molar-refractivity contribution in [1.82, 2.24) is 9.56 Å². The number of aromatic hydroxyl groups is 1. The average molecular weight is 734 g/mol. The van der Waals surface area contributed by atoms with Crippen LogP contribution in [0.3, 0.4) is 0 Å². The van der Waals surface area contributed by atoms with Gasteiger partial charge in [-0.25, -0.2) is 9.56 Å². The summed E-state index contributed by atoms with van der Waals surface area (Å²) in [5.41, 5.74) is 19.6. The van der Waals surface area contributed by atoms with E-state index in [9.17, 15) is 15.2 Å². The molecule has 0 amide bonds. The molecule has 2 aliphatic rings. The van der Waals surface area contributed by atoms with E-state index in [0.29, 0.717) is 28.6 Å². The summed E-state index contributed by atoms with van der Waals surface area (Å²) in [6.45, 7) is 16.2. The zero-order valence-corrected chi connectivity index (χ0v) is 31.9. The van der Waals surface area contributed by atoms with Crippen molar-refractivity contribution < 1.29 is 19.2 Å². The lowest BCUT2D eigenvalue weighted by Gasteiger charge is -2.20. The van der Waals surface area contributed by atoms with Crippen molar-refractivity contribution in [2.75, 3.05) is 49.7 Å². The molecule has 0 saturated heterocycles. The standard InChI is InChI=1S/C17H19N3O.C14H14N4O3.C10H15NO/c1-4-20(5-2)12-6-7-14-16(9-12)21-17-10-13(18)11(3)8-15(17)19-14;1-9-7-13(14(21-2)8-12(9)15)17-16-10-3-5-11(6-4-10)18(19)20;1-3-11(4-2)9-6-5-7-10(12)8-9/h6-10,18H,4-5H2,1-3H3;3-8H,15H2,1-2H3;5-8,12H,3-4H2,1-2H3/p+1. The van der Waals surface area contributed by atoms with E-state index in [4.69, 9.17) is 20.6 Å². The molecule has 0 fully saturated rings. The molecule has 5 N–H and O–H groups in total. The molecule has 0 bridgehead atoms. The highest BCUT2D eigenvalue weighted by Gasteiger charge is 2.13. The van der Waals surface area contributed by atoms with E-state index in [0.717, 1.165) is 76.6 Å². The van der Waals surface area contributed by atoms with E-state index in [1.807, 2.05) is 50.2 Å². The van der Waals surface area contributed by atoms with Crippen molar-refractivity contribution in [2.24, 2.45) is 10.2 Å². The zero-order valence-electron chi connectivity index (χ0n) is 31.9. The molecule has 4 aromatic rings. The summed E-state index contributed by atoms with van der Waals surface area (Å²) < 4.78 is 13.5. The fourth-order valence-corrected chi connectivity index (χ4v) is 5.53. The molecule has 6 rings (SSSR count). The number of azo groups is 1. The van der Waals surface area contributed by atoms with E-state index < -0.39 is 4.92 Å². The van der Waals surface area contributed by atoms with Gasteiger partial charge >= 0.3 is 0 Å². The molecule has 0 spiro atoms. The number of methoxy groups -OCH3 is 1. The Morgan fingerprint density at radius 3 is 2.13 bits per heavy atom. The quantitative estimate of drug-likeness (QED) is 0.0327. The first kappa shape index (κ1) is 40.3. The largest absolute Gasteiger partial charge is 0.508 e. The van der Waals surface area contributed by atoms with E-state index in [1.54, 1.807) is 24.3 Å². The molecule has 0 saturated carbocycles. The highest BCUT2D eigenvalue weighted by molar-refractivity contribution is 5.81. The molecule has 13 nitrogen and oxygen atoms in total. The number of phenols is 1. The lowest BCUT2D eigenvalue weighted by molar-refractivity contribution is -0.384. The first-order chi connectivity index (χ1) is 25.9. The van der Waals surface area contributed by atoms with Gasteiger partial charge in [-0.1, -0.05) is 6.07 Å². The number of hydrogen-bond acceptors (Lipinski definition) is 11. The maximum atomic E-state index is 10.6. The number of nitrogen functional groups attached to an aromatic ring is 2. The Morgan fingerprint density at radius 2 is 1.52 bits per heavy atom. The second-order valence-corrected chi connectivity index (χ2v) is 12.3. The Morgan fingerprint density at radius 1 is 0.852 bits per heavy atom. The Labute approximate surface area is 315 Å². The molecule has 0 unspecified atom stereocenters. The van der Waals surface area contributed by atoms with Gasteiger partial charge < -0.3 is 30.6 Å². The van der Waals surface area contributed by atoms with Crippen LogP contribution in [-0.2, 0) is 0 Å². The fraction of sp³-hybridized carbons (Fsp3) is 0.268. The van der Waals surface area contributed by atoms with E-state index >= 15 is 0 Å². The van der Waals surface area contributed by atoms with Crippen molar-refractivity contribution in [3.63, 3.8) is 0 Å². The Bertz CT molecular complexity index is 2260. The number of fused-ring (bicyclic) bond motifs is 2. The van der Waals surface area contributed by atoms with Crippen LogP contribution in [0.15, 0.2) is 106 Å². The van der Waals surface area contributed by atoms with Gasteiger partial charge in [-0.15, -0.1) is 5.11 Å². The molecular weight excluding hydrogens is 685 g/mol. The van der Waals surface area contributed by atoms with Crippen LogP contribution in [0, 0.1) is 24.0 Å². The minimum Gasteiger partial charge on any atom is -0.508 e. The Balaban J connectivity index is 0.000000188. The minimum atomic E-state index is -0.465. The van der Waals surface area contributed by atoms with Gasteiger partial charge in [0, 0.05) is 66.5 Å². The van der Waals surface area contributed by atoms with Gasteiger partial charge in [0.25, 0.3) is 5.69 Å². The van der Waals surface area contributed by atoms with Gasteiger partial charge in [-0.05, 0) is 95.1 Å². The molecule has 1 heterocycles. The van der Waals surface area contributed by atoms with E-state index in [2.05, 4.69) is 58.4 Å². The normalized spacial score (nSPS) is 10.7. The molecule has 54 heavy (non-hydrogen) atoms. The number of aryl methyl sites for hydroxylation is 2. The third-order valence-electron chi connectivity index (χ3n) is 8.74. The zero-order chi connectivity index (χ0) is 39.4. The number of phenolic OH excluding ortho intramolecular Hbond substituents is 1. The van der Waals surface area contributed by atoms with Gasteiger partial charge in [-0.2, -0.15) is 5.11 Å². The SMILES string of the molecule is CCN(CC)c1cccc(O)c1.CC[N+](CC)=c1ccc2nc3cc(C)c(N)cc3oc-2c1.COc1cc(N)c(C)cc1N=Nc1ccc([N+](=O)[O-])cc1.